The van der Waals surface area contributed by atoms with Gasteiger partial charge in [0.25, 0.3) is 5.24 Å². The Bertz CT molecular complexity index is 593. The smallest absolute Gasteiger partial charge is 0.433 e. The number of hydrogen-bond donors (Lipinski definition) is 0. The third-order valence-electron chi connectivity index (χ3n) is 3.94. The number of carbonyl (C=O) groups excluding carboxylic acids is 2. The third-order valence-corrected chi connectivity index (χ3v) is 4.14. The van der Waals surface area contributed by atoms with Crippen LogP contribution in [0.15, 0.2) is 6.20 Å². The molecule has 0 amide bonds. The Morgan fingerprint density at radius 3 is 2.43 bits per heavy atom. The van der Waals surface area contributed by atoms with E-state index in [2.05, 4.69) is 5.10 Å². The Morgan fingerprint density at radius 2 is 1.96 bits per heavy atom. The van der Waals surface area contributed by atoms with Gasteiger partial charge < -0.3 is 4.74 Å². The van der Waals surface area contributed by atoms with Crippen LogP contribution >= 0.6 is 11.6 Å². The van der Waals surface area contributed by atoms with Crippen molar-refractivity contribution in [1.82, 2.24) is 9.78 Å². The molecule has 0 atom stereocenters. The fraction of sp³-hybridized carbons (Fsp3) is 0.643. The summed E-state index contributed by atoms with van der Waals surface area (Å²) in [5, 5.41) is 2.52. The summed E-state index contributed by atoms with van der Waals surface area (Å²) in [6.07, 6.45) is -2.34. The molecule has 0 radical (unpaired) electrons. The highest BCUT2D eigenvalue weighted by Gasteiger charge is 2.42. The Morgan fingerprint density at radius 1 is 1.35 bits per heavy atom. The van der Waals surface area contributed by atoms with Crippen molar-refractivity contribution in [1.29, 1.82) is 0 Å². The number of nitrogens with zero attached hydrogens (tertiary/aromatic N) is 2. The number of hydrogen-bond acceptors (Lipinski definition) is 4. The summed E-state index contributed by atoms with van der Waals surface area (Å²) in [4.78, 5) is 22.8. The summed E-state index contributed by atoms with van der Waals surface area (Å²) in [5.41, 5.74) is -1.77. The summed E-state index contributed by atoms with van der Waals surface area (Å²) in [6.45, 7) is 1.98. The topological polar surface area (TPSA) is 61.2 Å². The first-order chi connectivity index (χ1) is 10.8. The van der Waals surface area contributed by atoms with Gasteiger partial charge in [0.1, 0.15) is 0 Å². The zero-order chi connectivity index (χ0) is 17.2. The minimum atomic E-state index is -4.73. The summed E-state index contributed by atoms with van der Waals surface area (Å²) < 4.78 is 45.4. The SMILES string of the molecule is CCOC(=O)C1CCC(n2ncc(C(=O)Cl)c2C(F)(F)F)CC1. The van der Waals surface area contributed by atoms with E-state index in [1.807, 2.05) is 0 Å². The van der Waals surface area contributed by atoms with Crippen LogP contribution in [0.4, 0.5) is 13.2 Å². The molecule has 1 aromatic rings. The first-order valence-electron chi connectivity index (χ1n) is 7.26. The van der Waals surface area contributed by atoms with Crippen molar-refractivity contribution in [3.8, 4) is 0 Å². The Balaban J connectivity index is 2.18. The van der Waals surface area contributed by atoms with Crippen molar-refractivity contribution < 1.29 is 27.5 Å². The number of rotatable bonds is 4. The average Bonchev–Trinajstić information content (AvgIpc) is 2.93. The summed E-state index contributed by atoms with van der Waals surface area (Å²) in [6, 6.07) is -0.526. The van der Waals surface area contributed by atoms with Gasteiger partial charge in [0, 0.05) is 0 Å². The van der Waals surface area contributed by atoms with E-state index in [0.29, 0.717) is 25.7 Å². The van der Waals surface area contributed by atoms with Crippen LogP contribution in [0, 0.1) is 5.92 Å². The standard InChI is InChI=1S/C14H16ClF3N2O3/c1-2-23-13(22)8-3-5-9(6-4-8)20-11(14(16,17)18)10(7-19-20)12(15)21/h7-9H,2-6H2,1H3. The van der Waals surface area contributed by atoms with Crippen LogP contribution in [0.3, 0.4) is 0 Å². The minimum absolute atomic E-state index is 0.275. The van der Waals surface area contributed by atoms with Gasteiger partial charge in [0.05, 0.1) is 30.3 Å². The van der Waals surface area contributed by atoms with Crippen LogP contribution in [-0.4, -0.2) is 27.6 Å². The number of ether oxygens (including phenoxy) is 1. The second kappa shape index (κ2) is 6.90. The first-order valence-corrected chi connectivity index (χ1v) is 7.64. The molecule has 0 saturated heterocycles. The predicted molar refractivity (Wildman–Crippen MR) is 75.0 cm³/mol. The van der Waals surface area contributed by atoms with Crippen molar-refractivity contribution in [3.63, 3.8) is 0 Å². The molecule has 9 heteroatoms. The van der Waals surface area contributed by atoms with Crippen LogP contribution in [0.5, 0.6) is 0 Å². The molecule has 5 nitrogen and oxygen atoms in total. The van der Waals surface area contributed by atoms with Gasteiger partial charge in [-0.15, -0.1) is 0 Å². The number of carbonyl (C=O) groups is 2. The molecule has 0 aliphatic heterocycles. The number of alkyl halides is 3. The van der Waals surface area contributed by atoms with Crippen LogP contribution in [0.1, 0.15) is 54.7 Å². The van der Waals surface area contributed by atoms with Crippen molar-refractivity contribution in [3.05, 3.63) is 17.5 Å². The van der Waals surface area contributed by atoms with Crippen LogP contribution in [-0.2, 0) is 15.7 Å². The second-order valence-corrected chi connectivity index (χ2v) is 5.72. The Kier molecular flexibility index (Phi) is 5.33. The second-order valence-electron chi connectivity index (χ2n) is 5.38. The van der Waals surface area contributed by atoms with Gasteiger partial charge in [-0.1, -0.05) is 0 Å². The molecular formula is C14H16ClF3N2O3. The number of aromatic nitrogens is 2. The molecule has 128 valence electrons. The molecular weight excluding hydrogens is 337 g/mol. The van der Waals surface area contributed by atoms with E-state index < -0.39 is 28.7 Å². The van der Waals surface area contributed by atoms with Crippen LogP contribution in [0.25, 0.3) is 0 Å². The van der Waals surface area contributed by atoms with Gasteiger partial charge in [-0.2, -0.15) is 18.3 Å². The maximum absolute atomic E-state index is 13.2. The van der Waals surface area contributed by atoms with E-state index in [-0.39, 0.29) is 18.5 Å². The molecule has 1 aromatic heterocycles. The van der Waals surface area contributed by atoms with E-state index >= 15 is 0 Å². The molecule has 0 aromatic carbocycles. The van der Waals surface area contributed by atoms with Gasteiger partial charge in [0.15, 0.2) is 5.69 Å². The monoisotopic (exact) mass is 352 g/mol. The van der Waals surface area contributed by atoms with Crippen molar-refractivity contribution >= 4 is 22.8 Å². The van der Waals surface area contributed by atoms with E-state index in [9.17, 15) is 22.8 Å². The van der Waals surface area contributed by atoms with Crippen LogP contribution in [0.2, 0.25) is 0 Å². The molecule has 1 heterocycles. The molecule has 1 saturated carbocycles. The molecule has 1 aliphatic carbocycles. The summed E-state index contributed by atoms with van der Waals surface area (Å²) >= 11 is 5.21. The van der Waals surface area contributed by atoms with E-state index in [0.717, 1.165) is 10.9 Å². The highest BCUT2D eigenvalue weighted by Crippen LogP contribution is 2.39. The largest absolute Gasteiger partial charge is 0.466 e. The molecule has 2 rings (SSSR count). The minimum Gasteiger partial charge on any atom is -0.466 e. The lowest BCUT2D eigenvalue weighted by molar-refractivity contribution is -0.151. The molecule has 0 bridgehead atoms. The summed E-state index contributed by atoms with van der Waals surface area (Å²) in [7, 11) is 0. The lowest BCUT2D eigenvalue weighted by atomic mass is 9.86. The van der Waals surface area contributed by atoms with Crippen molar-refractivity contribution in [2.24, 2.45) is 5.92 Å². The van der Waals surface area contributed by atoms with Gasteiger partial charge in [-0.3, -0.25) is 14.3 Å². The third kappa shape index (κ3) is 3.85. The van der Waals surface area contributed by atoms with Gasteiger partial charge in [-0.05, 0) is 44.2 Å². The zero-order valence-corrected chi connectivity index (χ0v) is 13.2. The van der Waals surface area contributed by atoms with Gasteiger partial charge in [-0.25, -0.2) is 0 Å². The summed E-state index contributed by atoms with van der Waals surface area (Å²) in [5.74, 6) is -0.621. The van der Waals surface area contributed by atoms with Crippen molar-refractivity contribution in [2.75, 3.05) is 6.61 Å². The Hall–Kier alpha value is -1.57. The number of halogens is 4. The van der Waals surface area contributed by atoms with Crippen molar-refractivity contribution in [2.45, 2.75) is 44.8 Å². The molecule has 23 heavy (non-hydrogen) atoms. The molecule has 0 spiro atoms. The normalized spacial score (nSPS) is 22.0. The molecule has 1 fully saturated rings. The molecule has 1 aliphatic rings. The van der Waals surface area contributed by atoms with E-state index in [4.69, 9.17) is 16.3 Å². The van der Waals surface area contributed by atoms with E-state index in [1.54, 1.807) is 6.92 Å². The fourth-order valence-electron chi connectivity index (χ4n) is 2.88. The Labute approximate surface area is 135 Å². The fourth-order valence-corrected chi connectivity index (χ4v) is 3.02. The molecule has 0 unspecified atom stereocenters. The highest BCUT2D eigenvalue weighted by molar-refractivity contribution is 6.67. The maximum atomic E-state index is 13.2. The maximum Gasteiger partial charge on any atom is 0.433 e. The zero-order valence-electron chi connectivity index (χ0n) is 12.4. The van der Waals surface area contributed by atoms with E-state index in [1.165, 1.54) is 0 Å². The quantitative estimate of drug-likeness (QED) is 0.614. The number of esters is 1. The highest BCUT2D eigenvalue weighted by atomic mass is 35.5. The lowest BCUT2D eigenvalue weighted by Crippen LogP contribution is -2.28. The lowest BCUT2D eigenvalue weighted by Gasteiger charge is -2.28. The average molecular weight is 353 g/mol. The van der Waals surface area contributed by atoms with Gasteiger partial charge in [0.2, 0.25) is 0 Å². The first kappa shape index (κ1) is 17.8. The van der Waals surface area contributed by atoms with Gasteiger partial charge >= 0.3 is 12.1 Å². The van der Waals surface area contributed by atoms with Crippen LogP contribution < -0.4 is 0 Å². The molecule has 0 N–H and O–H groups in total. The predicted octanol–water partition coefficient (Wildman–Crippen LogP) is 3.58.